The first-order chi connectivity index (χ1) is 8.84. The van der Waals surface area contributed by atoms with Crippen LogP contribution in [0.3, 0.4) is 0 Å². The van der Waals surface area contributed by atoms with Gasteiger partial charge in [0, 0.05) is 32.1 Å². The summed E-state index contributed by atoms with van der Waals surface area (Å²) >= 11 is 0. The number of nitrogens with one attached hydrogen (secondary N) is 2. The SMILES string of the molecule is O=C(NCCCCn1ccnc1)NC1CCOC1. The quantitative estimate of drug-likeness (QED) is 0.734. The number of urea groups is 1. The van der Waals surface area contributed by atoms with E-state index in [2.05, 4.69) is 15.6 Å². The number of hydrogen-bond acceptors (Lipinski definition) is 3. The second-order valence-electron chi connectivity index (χ2n) is 4.47. The second-order valence-corrected chi connectivity index (χ2v) is 4.47. The number of carbonyl (C=O) groups is 1. The molecule has 100 valence electrons. The lowest BCUT2D eigenvalue weighted by molar-refractivity contribution is 0.188. The molecule has 0 aliphatic carbocycles. The van der Waals surface area contributed by atoms with Crippen molar-refractivity contribution in [2.24, 2.45) is 0 Å². The summed E-state index contributed by atoms with van der Waals surface area (Å²) in [7, 11) is 0. The number of imidazole rings is 1. The highest BCUT2D eigenvalue weighted by Crippen LogP contribution is 2.02. The Labute approximate surface area is 107 Å². The van der Waals surface area contributed by atoms with Crippen LogP contribution in [0.5, 0.6) is 0 Å². The smallest absolute Gasteiger partial charge is 0.315 e. The molecule has 2 N–H and O–H groups in total. The maximum Gasteiger partial charge on any atom is 0.315 e. The molecule has 1 unspecified atom stereocenters. The minimum Gasteiger partial charge on any atom is -0.379 e. The highest BCUT2D eigenvalue weighted by molar-refractivity contribution is 5.74. The van der Waals surface area contributed by atoms with E-state index in [0.29, 0.717) is 13.2 Å². The van der Waals surface area contributed by atoms with Crippen LogP contribution in [0.15, 0.2) is 18.7 Å². The maximum absolute atomic E-state index is 11.5. The van der Waals surface area contributed by atoms with E-state index in [1.165, 1.54) is 0 Å². The fourth-order valence-corrected chi connectivity index (χ4v) is 1.93. The van der Waals surface area contributed by atoms with Gasteiger partial charge in [-0.05, 0) is 19.3 Å². The number of unbranched alkanes of at least 4 members (excludes halogenated alkanes) is 1. The Bertz CT molecular complexity index is 347. The molecule has 0 saturated carbocycles. The molecule has 6 nitrogen and oxygen atoms in total. The van der Waals surface area contributed by atoms with Gasteiger partial charge in [-0.15, -0.1) is 0 Å². The Morgan fingerprint density at radius 1 is 1.50 bits per heavy atom. The zero-order chi connectivity index (χ0) is 12.6. The molecule has 1 aromatic heterocycles. The van der Waals surface area contributed by atoms with Gasteiger partial charge in [-0.25, -0.2) is 9.78 Å². The van der Waals surface area contributed by atoms with Gasteiger partial charge in [0.25, 0.3) is 0 Å². The van der Waals surface area contributed by atoms with Gasteiger partial charge in [-0.2, -0.15) is 0 Å². The average Bonchev–Trinajstić information content (AvgIpc) is 3.01. The van der Waals surface area contributed by atoms with Crippen molar-refractivity contribution in [1.82, 2.24) is 20.2 Å². The summed E-state index contributed by atoms with van der Waals surface area (Å²) in [5, 5.41) is 5.75. The molecule has 1 aromatic rings. The fourth-order valence-electron chi connectivity index (χ4n) is 1.93. The van der Waals surface area contributed by atoms with Crippen molar-refractivity contribution >= 4 is 6.03 Å². The van der Waals surface area contributed by atoms with Crippen LogP contribution in [0.25, 0.3) is 0 Å². The molecule has 1 fully saturated rings. The highest BCUT2D eigenvalue weighted by atomic mass is 16.5. The largest absolute Gasteiger partial charge is 0.379 e. The average molecular weight is 252 g/mol. The number of carbonyl (C=O) groups excluding carboxylic acids is 1. The van der Waals surface area contributed by atoms with E-state index in [-0.39, 0.29) is 12.1 Å². The molecule has 1 aliphatic rings. The monoisotopic (exact) mass is 252 g/mol. The summed E-state index contributed by atoms with van der Waals surface area (Å²) in [4.78, 5) is 15.5. The Hall–Kier alpha value is -1.56. The van der Waals surface area contributed by atoms with E-state index in [1.807, 2.05) is 10.8 Å². The lowest BCUT2D eigenvalue weighted by Crippen LogP contribution is -2.42. The number of hydrogen-bond donors (Lipinski definition) is 2. The van der Waals surface area contributed by atoms with Crippen molar-refractivity contribution in [2.75, 3.05) is 19.8 Å². The van der Waals surface area contributed by atoms with E-state index >= 15 is 0 Å². The number of aromatic nitrogens is 2. The van der Waals surface area contributed by atoms with E-state index in [0.717, 1.165) is 32.4 Å². The summed E-state index contributed by atoms with van der Waals surface area (Å²) in [6.07, 6.45) is 8.43. The van der Waals surface area contributed by atoms with Gasteiger partial charge < -0.3 is 19.9 Å². The van der Waals surface area contributed by atoms with Crippen LogP contribution in [-0.4, -0.2) is 41.4 Å². The molecular weight excluding hydrogens is 232 g/mol. The third-order valence-corrected chi connectivity index (χ3v) is 2.95. The van der Waals surface area contributed by atoms with E-state index in [4.69, 9.17) is 4.74 Å². The number of ether oxygens (including phenoxy) is 1. The van der Waals surface area contributed by atoms with E-state index < -0.39 is 0 Å². The van der Waals surface area contributed by atoms with Crippen LogP contribution >= 0.6 is 0 Å². The Morgan fingerprint density at radius 2 is 2.44 bits per heavy atom. The van der Waals surface area contributed by atoms with Crippen molar-refractivity contribution < 1.29 is 9.53 Å². The van der Waals surface area contributed by atoms with Crippen molar-refractivity contribution in [3.63, 3.8) is 0 Å². The zero-order valence-corrected chi connectivity index (χ0v) is 10.5. The van der Waals surface area contributed by atoms with E-state index in [1.54, 1.807) is 12.5 Å². The van der Waals surface area contributed by atoms with Gasteiger partial charge in [0.2, 0.25) is 0 Å². The number of nitrogens with zero attached hydrogens (tertiary/aromatic N) is 2. The Morgan fingerprint density at radius 3 is 3.17 bits per heavy atom. The van der Waals surface area contributed by atoms with Gasteiger partial charge in [0.15, 0.2) is 0 Å². The van der Waals surface area contributed by atoms with Crippen LogP contribution in [0.2, 0.25) is 0 Å². The summed E-state index contributed by atoms with van der Waals surface area (Å²) < 4.78 is 7.23. The number of amides is 2. The van der Waals surface area contributed by atoms with Crippen LogP contribution in [0.4, 0.5) is 4.79 Å². The molecule has 0 bridgehead atoms. The molecule has 1 saturated heterocycles. The molecule has 18 heavy (non-hydrogen) atoms. The van der Waals surface area contributed by atoms with Gasteiger partial charge >= 0.3 is 6.03 Å². The van der Waals surface area contributed by atoms with Gasteiger partial charge in [0.1, 0.15) is 0 Å². The van der Waals surface area contributed by atoms with Gasteiger partial charge in [0.05, 0.1) is 19.0 Å². The zero-order valence-electron chi connectivity index (χ0n) is 10.5. The van der Waals surface area contributed by atoms with Crippen molar-refractivity contribution in [1.29, 1.82) is 0 Å². The molecule has 1 aliphatic heterocycles. The first-order valence-electron chi connectivity index (χ1n) is 6.42. The third kappa shape index (κ3) is 4.37. The van der Waals surface area contributed by atoms with Crippen molar-refractivity contribution in [2.45, 2.75) is 31.8 Å². The van der Waals surface area contributed by atoms with Gasteiger partial charge in [-0.3, -0.25) is 0 Å². The maximum atomic E-state index is 11.5. The molecule has 2 heterocycles. The van der Waals surface area contributed by atoms with Crippen LogP contribution in [0, 0.1) is 0 Å². The molecule has 0 aromatic carbocycles. The molecule has 1 atom stereocenters. The molecule has 6 heteroatoms. The lowest BCUT2D eigenvalue weighted by Gasteiger charge is -2.11. The Kier molecular flexibility index (Phi) is 5.01. The predicted octanol–water partition coefficient (Wildman–Crippen LogP) is 0.751. The molecule has 2 amide bonds. The normalized spacial score (nSPS) is 18.8. The first kappa shape index (κ1) is 12.9. The molecule has 2 rings (SSSR count). The summed E-state index contributed by atoms with van der Waals surface area (Å²) in [6, 6.07) is 0.0871. The third-order valence-electron chi connectivity index (χ3n) is 2.95. The standard InChI is InChI=1S/C12H20N4O2/c17-12(15-11-3-8-18-9-11)14-4-1-2-6-16-7-5-13-10-16/h5,7,10-11H,1-4,6,8-9H2,(H2,14,15,17). The van der Waals surface area contributed by atoms with E-state index in [9.17, 15) is 4.79 Å². The van der Waals surface area contributed by atoms with Crippen molar-refractivity contribution in [3.05, 3.63) is 18.7 Å². The molecule has 0 radical (unpaired) electrons. The summed E-state index contributed by atoms with van der Waals surface area (Å²) in [5.74, 6) is 0. The molecule has 0 spiro atoms. The van der Waals surface area contributed by atoms with Crippen LogP contribution in [-0.2, 0) is 11.3 Å². The highest BCUT2D eigenvalue weighted by Gasteiger charge is 2.16. The van der Waals surface area contributed by atoms with Crippen LogP contribution in [0.1, 0.15) is 19.3 Å². The minimum atomic E-state index is -0.0897. The van der Waals surface area contributed by atoms with Gasteiger partial charge in [-0.1, -0.05) is 0 Å². The van der Waals surface area contributed by atoms with Crippen molar-refractivity contribution in [3.8, 4) is 0 Å². The summed E-state index contributed by atoms with van der Waals surface area (Å²) in [5.41, 5.74) is 0. The molecular formula is C12H20N4O2. The predicted molar refractivity (Wildman–Crippen MR) is 67.2 cm³/mol. The minimum absolute atomic E-state index is 0.0897. The number of aryl methyl sites for hydroxylation is 1. The first-order valence-corrected chi connectivity index (χ1v) is 6.42. The second kappa shape index (κ2) is 7.00. The Balaban J connectivity index is 1.48. The fraction of sp³-hybridized carbons (Fsp3) is 0.667. The topological polar surface area (TPSA) is 68.2 Å². The summed E-state index contributed by atoms with van der Waals surface area (Å²) in [6.45, 7) is 3.03. The number of rotatable bonds is 6. The van der Waals surface area contributed by atoms with Crippen LogP contribution < -0.4 is 10.6 Å². The lowest BCUT2D eigenvalue weighted by atomic mass is 10.3.